The lowest BCUT2D eigenvalue weighted by molar-refractivity contribution is -0.123. The molecule has 3 N–H and O–H groups in total. The molecule has 0 unspecified atom stereocenters. The van der Waals surface area contributed by atoms with E-state index in [1.54, 1.807) is 38.2 Å². The molecule has 1 aliphatic rings. The van der Waals surface area contributed by atoms with Gasteiger partial charge in [-0.05, 0) is 43.7 Å². The van der Waals surface area contributed by atoms with Gasteiger partial charge in [0.25, 0.3) is 17.4 Å². The van der Waals surface area contributed by atoms with Gasteiger partial charge in [-0.25, -0.2) is 13.4 Å². The van der Waals surface area contributed by atoms with Crippen LogP contribution in [0.15, 0.2) is 52.2 Å². The van der Waals surface area contributed by atoms with Crippen LogP contribution in [0.3, 0.4) is 0 Å². The second kappa shape index (κ2) is 9.98. The molecule has 2 amide bonds. The molecule has 5 rings (SSSR count). The van der Waals surface area contributed by atoms with Gasteiger partial charge in [0.15, 0.2) is 15.4 Å². The van der Waals surface area contributed by atoms with E-state index in [9.17, 15) is 22.8 Å². The van der Waals surface area contributed by atoms with Crippen LogP contribution < -0.4 is 20.9 Å². The molecular weight excluding hydrogens is 524 g/mol. The second-order valence-corrected chi connectivity index (χ2v) is 11.0. The molecule has 0 bridgehead atoms. The fraction of sp³-hybridized carbons (Fsp3) is 0.269. The Labute approximate surface area is 223 Å². The maximum absolute atomic E-state index is 13.7. The van der Waals surface area contributed by atoms with Crippen LogP contribution in [-0.2, 0) is 32.9 Å². The maximum Gasteiger partial charge on any atom is 0.277 e. The number of hydrogen-bond donors (Lipinski definition) is 3. The van der Waals surface area contributed by atoms with Crippen molar-refractivity contribution in [2.24, 2.45) is 7.05 Å². The fourth-order valence-electron chi connectivity index (χ4n) is 4.57. The van der Waals surface area contributed by atoms with Crippen molar-refractivity contribution in [1.82, 2.24) is 19.7 Å². The van der Waals surface area contributed by atoms with Crippen molar-refractivity contribution in [3.05, 3.63) is 58.5 Å². The molecule has 1 aliphatic heterocycles. The van der Waals surface area contributed by atoms with E-state index < -0.39 is 32.5 Å². The molecule has 13 heteroatoms. The van der Waals surface area contributed by atoms with Gasteiger partial charge in [-0.15, -0.1) is 0 Å². The molecule has 0 radical (unpaired) electrons. The summed E-state index contributed by atoms with van der Waals surface area (Å²) in [6.07, 6.45) is 1.37. The number of ether oxygens (including phenoxy) is 1. The number of aromatic amines is 1. The van der Waals surface area contributed by atoms with E-state index in [-0.39, 0.29) is 45.5 Å². The third kappa shape index (κ3) is 4.54. The van der Waals surface area contributed by atoms with Gasteiger partial charge in [0.2, 0.25) is 5.25 Å². The zero-order valence-corrected chi connectivity index (χ0v) is 22.3. The molecule has 12 nitrogen and oxygen atoms in total. The topological polar surface area (TPSA) is 165 Å². The van der Waals surface area contributed by atoms with Gasteiger partial charge in [-0.2, -0.15) is 5.10 Å². The monoisotopic (exact) mass is 550 g/mol. The lowest BCUT2D eigenvalue weighted by Crippen LogP contribution is -2.42. The summed E-state index contributed by atoms with van der Waals surface area (Å²) < 4.78 is 34.6. The summed E-state index contributed by atoms with van der Waals surface area (Å²) in [5.74, 6) is -1.64. The molecular formula is C26H26N6O6S. The highest BCUT2D eigenvalue weighted by atomic mass is 32.2. The van der Waals surface area contributed by atoms with Gasteiger partial charge in [0.1, 0.15) is 17.1 Å². The van der Waals surface area contributed by atoms with Gasteiger partial charge < -0.3 is 20.4 Å². The van der Waals surface area contributed by atoms with Crippen molar-refractivity contribution in [3.8, 4) is 17.1 Å². The molecule has 0 atom stereocenters. The summed E-state index contributed by atoms with van der Waals surface area (Å²) in [6.45, 7) is 3.99. The predicted octanol–water partition coefficient (Wildman–Crippen LogP) is 2.41. The quantitative estimate of drug-likeness (QED) is 0.295. The van der Waals surface area contributed by atoms with Crippen LogP contribution in [0.1, 0.15) is 26.0 Å². The Balaban J connectivity index is 1.64. The Morgan fingerprint density at radius 2 is 1.67 bits per heavy atom. The summed E-state index contributed by atoms with van der Waals surface area (Å²) in [4.78, 5) is 46.0. The predicted molar refractivity (Wildman–Crippen MR) is 144 cm³/mol. The lowest BCUT2D eigenvalue weighted by Gasteiger charge is -2.16. The number of carbonyl (C=O) groups is 2. The third-order valence-electron chi connectivity index (χ3n) is 6.31. The van der Waals surface area contributed by atoms with Crippen molar-refractivity contribution < 1.29 is 22.7 Å². The number of H-pyrrole nitrogens is 1. The van der Waals surface area contributed by atoms with E-state index in [1.165, 1.54) is 22.9 Å². The first kappa shape index (κ1) is 26.1. The number of aromatic nitrogens is 4. The molecule has 3 heterocycles. The normalized spacial score (nSPS) is 14.0. The first-order valence-corrected chi connectivity index (χ1v) is 13.9. The van der Waals surface area contributed by atoms with Crippen molar-refractivity contribution in [3.63, 3.8) is 0 Å². The minimum atomic E-state index is -4.54. The SMILES string of the molecule is CCCc1nn(C)c2c(=O)[nH]c(-c3cc(S(=O)(=O)C4C(=O)Nc5ccccc5NC4=O)ccc3OCC)nc12. The van der Waals surface area contributed by atoms with Crippen LogP contribution >= 0.6 is 0 Å². The molecule has 2 aromatic carbocycles. The highest BCUT2D eigenvalue weighted by Gasteiger charge is 2.43. The third-order valence-corrected chi connectivity index (χ3v) is 8.27. The Bertz CT molecular complexity index is 1760. The van der Waals surface area contributed by atoms with Crippen molar-refractivity contribution in [1.29, 1.82) is 0 Å². The van der Waals surface area contributed by atoms with Crippen molar-refractivity contribution in [2.75, 3.05) is 17.2 Å². The summed E-state index contributed by atoms with van der Waals surface area (Å²) in [5, 5.41) is 7.38. The number of fused-ring (bicyclic) bond motifs is 2. The minimum absolute atomic E-state index is 0.0699. The zero-order valence-electron chi connectivity index (χ0n) is 21.4. The average molecular weight is 551 g/mol. The fourth-order valence-corrected chi connectivity index (χ4v) is 6.06. The standard InChI is InChI=1S/C26H26N6O6S/c1-4-8-18-20-21(32(3)31-18)24(33)30-23(29-20)15-13-14(11-12-19(15)38-5-2)39(36,37)22-25(34)27-16-9-6-7-10-17(16)28-26(22)35/h6-7,9-13,22H,4-5,8H2,1-3H3,(H,27,34)(H,28,35)(H,29,30,33). The van der Waals surface area contributed by atoms with Gasteiger partial charge >= 0.3 is 0 Å². The molecule has 0 aliphatic carbocycles. The summed E-state index contributed by atoms with van der Waals surface area (Å²) in [7, 11) is -2.89. The number of hydrogen-bond acceptors (Lipinski definition) is 8. The Kier molecular flexibility index (Phi) is 6.68. The van der Waals surface area contributed by atoms with E-state index in [4.69, 9.17) is 4.74 Å². The number of nitrogens with one attached hydrogen (secondary N) is 3. The number of carbonyl (C=O) groups excluding carboxylic acids is 2. The molecule has 202 valence electrons. The highest BCUT2D eigenvalue weighted by molar-refractivity contribution is 7.93. The number of amides is 2. The number of nitrogens with zero attached hydrogens (tertiary/aromatic N) is 3. The van der Waals surface area contributed by atoms with E-state index in [0.717, 1.165) is 6.42 Å². The van der Waals surface area contributed by atoms with Gasteiger partial charge in [-0.3, -0.25) is 19.1 Å². The number of benzene rings is 2. The molecule has 2 aromatic heterocycles. The lowest BCUT2D eigenvalue weighted by atomic mass is 10.1. The molecule has 0 fully saturated rings. The van der Waals surface area contributed by atoms with Crippen LogP contribution in [0.4, 0.5) is 11.4 Å². The van der Waals surface area contributed by atoms with Crippen molar-refractivity contribution in [2.45, 2.75) is 36.8 Å². The van der Waals surface area contributed by atoms with E-state index >= 15 is 0 Å². The number of sulfone groups is 1. The van der Waals surface area contributed by atoms with Gasteiger partial charge in [-0.1, -0.05) is 25.5 Å². The van der Waals surface area contributed by atoms with Crippen LogP contribution in [-0.4, -0.2) is 51.8 Å². The minimum Gasteiger partial charge on any atom is -0.493 e. The Hall–Kier alpha value is -4.52. The first-order valence-electron chi connectivity index (χ1n) is 12.3. The number of para-hydroxylation sites is 2. The summed E-state index contributed by atoms with van der Waals surface area (Å²) in [5.41, 5.74) is 1.62. The molecule has 0 saturated heterocycles. The smallest absolute Gasteiger partial charge is 0.277 e. The second-order valence-electron chi connectivity index (χ2n) is 8.97. The first-order chi connectivity index (χ1) is 18.6. The Morgan fingerprint density at radius 1 is 1.00 bits per heavy atom. The van der Waals surface area contributed by atoms with E-state index in [2.05, 4.69) is 25.7 Å². The Morgan fingerprint density at radius 3 is 2.28 bits per heavy atom. The number of rotatable bonds is 7. The van der Waals surface area contributed by atoms with Crippen LogP contribution in [0.25, 0.3) is 22.4 Å². The molecule has 4 aromatic rings. The van der Waals surface area contributed by atoms with Crippen LogP contribution in [0.5, 0.6) is 5.75 Å². The van der Waals surface area contributed by atoms with Gasteiger partial charge in [0.05, 0.1) is 34.1 Å². The highest BCUT2D eigenvalue weighted by Crippen LogP contribution is 2.34. The molecule has 0 saturated carbocycles. The summed E-state index contributed by atoms with van der Waals surface area (Å²) in [6, 6.07) is 10.3. The van der Waals surface area contributed by atoms with Gasteiger partial charge in [0, 0.05) is 7.05 Å². The summed E-state index contributed by atoms with van der Waals surface area (Å²) >= 11 is 0. The van der Waals surface area contributed by atoms with Crippen molar-refractivity contribution >= 4 is 44.1 Å². The molecule has 39 heavy (non-hydrogen) atoms. The molecule has 0 spiro atoms. The number of anilines is 2. The zero-order chi connectivity index (χ0) is 27.9. The largest absolute Gasteiger partial charge is 0.493 e. The number of aryl methyl sites for hydroxylation is 2. The average Bonchev–Trinajstić information content (AvgIpc) is 3.13. The maximum atomic E-state index is 13.7. The van der Waals surface area contributed by atoms with E-state index in [1.807, 2.05) is 6.92 Å². The van der Waals surface area contributed by atoms with E-state index in [0.29, 0.717) is 17.6 Å². The van der Waals surface area contributed by atoms with Crippen LogP contribution in [0, 0.1) is 0 Å². The van der Waals surface area contributed by atoms with Crippen LogP contribution in [0.2, 0.25) is 0 Å².